The van der Waals surface area contributed by atoms with Gasteiger partial charge in [-0.15, -0.1) is 0 Å². The summed E-state index contributed by atoms with van der Waals surface area (Å²) in [5, 5.41) is 15.7. The molecule has 0 aliphatic carbocycles. The van der Waals surface area contributed by atoms with E-state index in [1.807, 2.05) is 6.92 Å². The van der Waals surface area contributed by atoms with E-state index in [-0.39, 0.29) is 13.2 Å². The zero-order valence-electron chi connectivity index (χ0n) is 18.3. The Balaban J connectivity index is 1.56. The molecular weight excluding hydrogens is 417 g/mol. The Hall–Kier alpha value is -2.74. The quantitative estimate of drug-likeness (QED) is 0.440. The predicted molar refractivity (Wildman–Crippen MR) is 122 cm³/mol. The summed E-state index contributed by atoms with van der Waals surface area (Å²) in [7, 11) is 0. The minimum absolute atomic E-state index is 0.155. The predicted octanol–water partition coefficient (Wildman–Crippen LogP) is 4.17. The normalized spacial score (nSPS) is 15.7. The first-order valence-corrected chi connectivity index (χ1v) is 11.0. The highest BCUT2D eigenvalue weighted by molar-refractivity contribution is 5.79. The summed E-state index contributed by atoms with van der Waals surface area (Å²) in [5.41, 5.74) is 2.11. The fraction of sp³-hybridized carbons (Fsp3) is 0.458. The number of aliphatic hydroxyl groups excluding tert-OH is 1. The average molecular weight is 449 g/mol. The summed E-state index contributed by atoms with van der Waals surface area (Å²) in [6, 6.07) is 13.6. The van der Waals surface area contributed by atoms with E-state index in [9.17, 15) is 18.3 Å². The molecule has 1 fully saturated rings. The van der Waals surface area contributed by atoms with E-state index in [4.69, 9.17) is 0 Å². The van der Waals surface area contributed by atoms with E-state index < -0.39 is 11.7 Å². The van der Waals surface area contributed by atoms with Gasteiger partial charge in [0, 0.05) is 38.5 Å². The molecule has 1 saturated heterocycles. The van der Waals surface area contributed by atoms with Crippen molar-refractivity contribution in [3.05, 3.63) is 65.2 Å². The number of hydrogen-bond donors (Lipinski definition) is 3. The third-order valence-electron chi connectivity index (χ3n) is 5.65. The molecule has 3 N–H and O–H groups in total. The molecule has 8 heteroatoms. The second kappa shape index (κ2) is 11.2. The van der Waals surface area contributed by atoms with E-state index in [1.54, 1.807) is 6.07 Å². The number of guanidine groups is 1. The van der Waals surface area contributed by atoms with Crippen LogP contribution in [0.3, 0.4) is 0 Å². The van der Waals surface area contributed by atoms with Gasteiger partial charge in [0.2, 0.25) is 0 Å². The fourth-order valence-electron chi connectivity index (χ4n) is 3.74. The first-order chi connectivity index (χ1) is 15.4. The molecule has 0 bridgehead atoms. The summed E-state index contributed by atoms with van der Waals surface area (Å²) in [5.74, 6) is 0.967. The Morgan fingerprint density at radius 1 is 1.06 bits per heavy atom. The van der Waals surface area contributed by atoms with Crippen molar-refractivity contribution >= 4 is 11.6 Å². The second-order valence-corrected chi connectivity index (χ2v) is 8.03. The average Bonchev–Trinajstić information content (AvgIpc) is 2.81. The highest BCUT2D eigenvalue weighted by atomic mass is 19.4. The second-order valence-electron chi connectivity index (χ2n) is 8.03. The molecule has 0 radical (unpaired) electrons. The largest absolute Gasteiger partial charge is 0.416 e. The van der Waals surface area contributed by atoms with Crippen LogP contribution in [0.2, 0.25) is 0 Å². The molecule has 2 aromatic rings. The molecule has 1 heterocycles. The lowest BCUT2D eigenvalue weighted by Crippen LogP contribution is -2.37. The number of hydrogen-bond acceptors (Lipinski definition) is 3. The van der Waals surface area contributed by atoms with Gasteiger partial charge in [-0.2, -0.15) is 13.2 Å². The number of anilines is 1. The standard InChI is InChI=1S/C24H31F3N4O/c1-2-28-23(30-16-20-4-3-5-21(14-20)24(25,26)27)29-15-18-6-8-22(9-7-18)31-12-10-19(17-32)11-13-31/h3-9,14,19,32H,2,10-13,15-17H2,1H3,(H2,28,29,30). The summed E-state index contributed by atoms with van der Waals surface area (Å²) >= 11 is 0. The number of nitrogens with one attached hydrogen (secondary N) is 2. The fourth-order valence-corrected chi connectivity index (χ4v) is 3.74. The maximum atomic E-state index is 12.9. The minimum Gasteiger partial charge on any atom is -0.396 e. The molecule has 1 aliphatic heterocycles. The van der Waals surface area contributed by atoms with Crippen LogP contribution in [-0.4, -0.2) is 37.3 Å². The summed E-state index contributed by atoms with van der Waals surface area (Å²) < 4.78 is 38.7. The van der Waals surface area contributed by atoms with Crippen LogP contribution >= 0.6 is 0 Å². The van der Waals surface area contributed by atoms with Crippen LogP contribution < -0.4 is 15.5 Å². The molecule has 1 aliphatic rings. The topological polar surface area (TPSA) is 59.9 Å². The van der Waals surface area contributed by atoms with Gasteiger partial charge in [0.25, 0.3) is 0 Å². The van der Waals surface area contributed by atoms with Crippen molar-refractivity contribution in [3.8, 4) is 0 Å². The van der Waals surface area contributed by atoms with Gasteiger partial charge in [0.15, 0.2) is 5.96 Å². The van der Waals surface area contributed by atoms with Crippen LogP contribution in [0.4, 0.5) is 18.9 Å². The Labute approximate surface area is 187 Å². The van der Waals surface area contributed by atoms with Crippen molar-refractivity contribution in [1.82, 2.24) is 10.6 Å². The third-order valence-corrected chi connectivity index (χ3v) is 5.65. The Bertz CT molecular complexity index is 876. The van der Waals surface area contributed by atoms with Gasteiger partial charge in [0.1, 0.15) is 0 Å². The molecule has 3 rings (SSSR count). The highest BCUT2D eigenvalue weighted by Crippen LogP contribution is 2.29. The highest BCUT2D eigenvalue weighted by Gasteiger charge is 2.30. The maximum absolute atomic E-state index is 12.9. The van der Waals surface area contributed by atoms with E-state index in [0.717, 1.165) is 43.6 Å². The van der Waals surface area contributed by atoms with Gasteiger partial charge in [-0.25, -0.2) is 4.99 Å². The molecule has 32 heavy (non-hydrogen) atoms. The van der Waals surface area contributed by atoms with Crippen LogP contribution in [0.15, 0.2) is 53.5 Å². The van der Waals surface area contributed by atoms with Crippen LogP contribution in [0.5, 0.6) is 0 Å². The van der Waals surface area contributed by atoms with E-state index in [1.165, 1.54) is 11.8 Å². The van der Waals surface area contributed by atoms with E-state index in [0.29, 0.717) is 30.5 Å². The van der Waals surface area contributed by atoms with Crippen molar-refractivity contribution in [2.24, 2.45) is 10.9 Å². The molecule has 0 unspecified atom stereocenters. The zero-order chi connectivity index (χ0) is 23.0. The zero-order valence-corrected chi connectivity index (χ0v) is 18.3. The summed E-state index contributed by atoms with van der Waals surface area (Å²) in [6.07, 6.45) is -2.34. The van der Waals surface area contributed by atoms with Gasteiger partial charge >= 0.3 is 6.18 Å². The van der Waals surface area contributed by atoms with Crippen molar-refractivity contribution < 1.29 is 18.3 Å². The maximum Gasteiger partial charge on any atom is 0.416 e. The third kappa shape index (κ3) is 6.88. The number of piperidine rings is 1. The molecule has 0 spiro atoms. The van der Waals surface area contributed by atoms with Crippen LogP contribution in [0.1, 0.15) is 36.5 Å². The minimum atomic E-state index is -4.36. The lowest BCUT2D eigenvalue weighted by atomic mass is 9.97. The molecule has 174 valence electrons. The molecule has 2 aromatic carbocycles. The van der Waals surface area contributed by atoms with Gasteiger partial charge < -0.3 is 20.6 Å². The van der Waals surface area contributed by atoms with Crippen LogP contribution in [0, 0.1) is 5.92 Å². The van der Waals surface area contributed by atoms with Gasteiger partial charge in [-0.1, -0.05) is 24.3 Å². The smallest absolute Gasteiger partial charge is 0.396 e. The number of nitrogens with zero attached hydrogens (tertiary/aromatic N) is 2. The van der Waals surface area contributed by atoms with Crippen LogP contribution in [0.25, 0.3) is 0 Å². The first-order valence-electron chi connectivity index (χ1n) is 11.0. The summed E-state index contributed by atoms with van der Waals surface area (Å²) in [4.78, 5) is 6.76. The lowest BCUT2D eigenvalue weighted by Gasteiger charge is -2.33. The Morgan fingerprint density at radius 2 is 1.78 bits per heavy atom. The SMILES string of the molecule is CCNC(=NCc1cccc(C(F)(F)F)c1)NCc1ccc(N2CCC(CO)CC2)cc1. The molecule has 0 saturated carbocycles. The molecule has 0 atom stereocenters. The van der Waals surface area contributed by atoms with Crippen molar-refractivity contribution in [3.63, 3.8) is 0 Å². The number of rotatable bonds is 7. The van der Waals surface area contributed by atoms with Gasteiger partial charge in [-0.05, 0) is 61.1 Å². The number of halogens is 3. The monoisotopic (exact) mass is 448 g/mol. The van der Waals surface area contributed by atoms with Gasteiger partial charge in [-0.3, -0.25) is 0 Å². The van der Waals surface area contributed by atoms with Crippen molar-refractivity contribution in [2.45, 2.75) is 39.0 Å². The lowest BCUT2D eigenvalue weighted by molar-refractivity contribution is -0.137. The van der Waals surface area contributed by atoms with E-state index in [2.05, 4.69) is 44.8 Å². The number of alkyl halides is 3. The Kier molecular flexibility index (Phi) is 8.39. The number of benzene rings is 2. The van der Waals surface area contributed by atoms with Crippen molar-refractivity contribution in [2.75, 3.05) is 31.1 Å². The van der Waals surface area contributed by atoms with Crippen LogP contribution in [-0.2, 0) is 19.3 Å². The number of aliphatic imine (C=N–C) groups is 1. The molecule has 5 nitrogen and oxygen atoms in total. The molecular formula is C24H31F3N4O. The molecule has 0 aromatic heterocycles. The Morgan fingerprint density at radius 3 is 2.41 bits per heavy atom. The van der Waals surface area contributed by atoms with Crippen molar-refractivity contribution in [1.29, 1.82) is 0 Å². The van der Waals surface area contributed by atoms with E-state index >= 15 is 0 Å². The number of aliphatic hydroxyl groups is 1. The van der Waals surface area contributed by atoms with Gasteiger partial charge in [0.05, 0.1) is 12.1 Å². The summed E-state index contributed by atoms with van der Waals surface area (Å²) in [6.45, 7) is 5.48. The first kappa shape index (κ1) is 23.9. The molecule has 0 amide bonds.